The van der Waals surface area contributed by atoms with Gasteiger partial charge in [-0.25, -0.2) is 18.2 Å². The van der Waals surface area contributed by atoms with Crippen molar-refractivity contribution in [3.05, 3.63) is 46.8 Å². The van der Waals surface area contributed by atoms with Gasteiger partial charge in [0.15, 0.2) is 5.58 Å². The Hall–Kier alpha value is -2.72. The molecule has 0 unspecified atom stereocenters. The zero-order valence-corrected chi connectivity index (χ0v) is 15.4. The molecule has 0 radical (unpaired) electrons. The second-order valence-electron chi connectivity index (χ2n) is 6.34. The highest BCUT2D eigenvalue weighted by Crippen LogP contribution is 2.24. The minimum atomic E-state index is -3.66. The lowest BCUT2D eigenvalue weighted by Crippen LogP contribution is -2.41. The second kappa shape index (κ2) is 6.78. The maximum Gasteiger partial charge on any atom is 0.417 e. The Morgan fingerprint density at radius 1 is 1.26 bits per heavy atom. The fraction of sp³-hybridized carbons (Fsp3) is 0.353. The highest BCUT2D eigenvalue weighted by Gasteiger charge is 2.30. The Morgan fingerprint density at radius 3 is 2.78 bits per heavy atom. The first-order chi connectivity index (χ1) is 12.9. The van der Waals surface area contributed by atoms with Gasteiger partial charge in [-0.1, -0.05) is 0 Å². The summed E-state index contributed by atoms with van der Waals surface area (Å²) >= 11 is 0. The van der Waals surface area contributed by atoms with Crippen LogP contribution in [-0.4, -0.2) is 46.9 Å². The van der Waals surface area contributed by atoms with Crippen molar-refractivity contribution in [3.63, 3.8) is 0 Å². The lowest BCUT2D eigenvalue weighted by molar-refractivity contribution is 0.129. The van der Waals surface area contributed by atoms with Crippen LogP contribution in [0.2, 0.25) is 0 Å². The van der Waals surface area contributed by atoms with Gasteiger partial charge in [0.1, 0.15) is 11.9 Å². The quantitative estimate of drug-likeness (QED) is 0.716. The molecule has 1 aliphatic heterocycles. The summed E-state index contributed by atoms with van der Waals surface area (Å²) in [5.74, 6) is 0.510. The van der Waals surface area contributed by atoms with E-state index in [0.717, 1.165) is 0 Å². The third-order valence-electron chi connectivity index (χ3n) is 4.47. The molecule has 3 aromatic rings. The molecule has 0 spiro atoms. The number of hydrogen-bond donors (Lipinski definition) is 1. The summed E-state index contributed by atoms with van der Waals surface area (Å²) in [6.45, 7) is 2.47. The molecule has 9 nitrogen and oxygen atoms in total. The van der Waals surface area contributed by atoms with E-state index < -0.39 is 15.8 Å². The first-order valence-corrected chi connectivity index (χ1v) is 9.95. The maximum absolute atomic E-state index is 12.9. The van der Waals surface area contributed by atoms with Crippen molar-refractivity contribution in [2.45, 2.75) is 30.8 Å². The number of fused-ring (bicyclic) bond motifs is 1. The zero-order chi connectivity index (χ0) is 19.0. The number of ether oxygens (including phenoxy) is 1. The summed E-state index contributed by atoms with van der Waals surface area (Å²) in [5, 5.41) is 0. The summed E-state index contributed by atoms with van der Waals surface area (Å²) < 4.78 is 38.0. The van der Waals surface area contributed by atoms with Crippen LogP contribution in [-0.2, 0) is 10.0 Å². The van der Waals surface area contributed by atoms with E-state index in [1.54, 1.807) is 19.2 Å². The van der Waals surface area contributed by atoms with Crippen molar-refractivity contribution in [1.29, 1.82) is 0 Å². The molecule has 27 heavy (non-hydrogen) atoms. The molecule has 1 N–H and O–H groups in total. The van der Waals surface area contributed by atoms with Crippen LogP contribution in [0.4, 0.5) is 0 Å². The topological polar surface area (TPSA) is 118 Å². The molecular weight excluding hydrogens is 372 g/mol. The lowest BCUT2D eigenvalue weighted by Gasteiger charge is -2.31. The fourth-order valence-corrected chi connectivity index (χ4v) is 4.60. The Morgan fingerprint density at radius 2 is 2.04 bits per heavy atom. The van der Waals surface area contributed by atoms with Crippen LogP contribution in [0.3, 0.4) is 0 Å². The molecule has 0 saturated carbocycles. The molecule has 4 rings (SSSR count). The van der Waals surface area contributed by atoms with Crippen molar-refractivity contribution in [3.8, 4) is 5.88 Å². The van der Waals surface area contributed by atoms with Gasteiger partial charge in [0.05, 0.1) is 10.4 Å². The molecule has 10 heteroatoms. The van der Waals surface area contributed by atoms with Crippen molar-refractivity contribution >= 4 is 21.1 Å². The Bertz CT molecular complexity index is 1130. The summed E-state index contributed by atoms with van der Waals surface area (Å²) in [5.41, 5.74) is 0.685. The minimum Gasteiger partial charge on any atom is -0.474 e. The Balaban J connectivity index is 1.46. The van der Waals surface area contributed by atoms with Gasteiger partial charge >= 0.3 is 5.76 Å². The maximum atomic E-state index is 12.9. The molecule has 0 bridgehead atoms. The van der Waals surface area contributed by atoms with Crippen LogP contribution < -0.4 is 10.5 Å². The van der Waals surface area contributed by atoms with Gasteiger partial charge in [-0.2, -0.15) is 9.29 Å². The predicted molar refractivity (Wildman–Crippen MR) is 96.0 cm³/mol. The number of sulfonamides is 1. The molecule has 1 saturated heterocycles. The molecule has 1 fully saturated rings. The number of nitrogens with zero attached hydrogens (tertiary/aromatic N) is 3. The SMILES string of the molecule is Cc1nccc(OC2CCN(S(=O)(=O)c3ccc4oc(=O)[nH]c4c3)CC2)n1. The van der Waals surface area contributed by atoms with Crippen molar-refractivity contribution in [1.82, 2.24) is 19.3 Å². The smallest absolute Gasteiger partial charge is 0.417 e. The van der Waals surface area contributed by atoms with E-state index in [1.165, 1.54) is 22.5 Å². The average molecular weight is 390 g/mol. The van der Waals surface area contributed by atoms with Crippen molar-refractivity contribution in [2.75, 3.05) is 13.1 Å². The summed E-state index contributed by atoms with van der Waals surface area (Å²) in [7, 11) is -3.66. The van der Waals surface area contributed by atoms with Gasteiger partial charge in [-0.15, -0.1) is 0 Å². The lowest BCUT2D eigenvalue weighted by atomic mass is 10.1. The number of oxazole rings is 1. The van der Waals surface area contributed by atoms with E-state index in [9.17, 15) is 13.2 Å². The van der Waals surface area contributed by atoms with E-state index in [-0.39, 0.29) is 11.0 Å². The minimum absolute atomic E-state index is 0.0986. The number of aromatic amines is 1. The number of rotatable bonds is 4. The molecule has 2 aromatic heterocycles. The molecular formula is C17H18N4O5S. The molecule has 142 valence electrons. The van der Waals surface area contributed by atoms with Gasteiger partial charge < -0.3 is 9.15 Å². The highest BCUT2D eigenvalue weighted by molar-refractivity contribution is 7.89. The first-order valence-electron chi connectivity index (χ1n) is 8.51. The number of nitrogens with one attached hydrogen (secondary N) is 1. The van der Waals surface area contributed by atoms with Gasteiger partial charge in [0, 0.05) is 25.4 Å². The number of aromatic nitrogens is 3. The van der Waals surface area contributed by atoms with E-state index in [4.69, 9.17) is 9.15 Å². The van der Waals surface area contributed by atoms with E-state index in [2.05, 4.69) is 15.0 Å². The van der Waals surface area contributed by atoms with Crippen LogP contribution in [0.15, 0.2) is 44.6 Å². The summed E-state index contributed by atoms with van der Waals surface area (Å²) in [6, 6.07) is 6.03. The van der Waals surface area contributed by atoms with E-state index in [0.29, 0.717) is 48.7 Å². The standard InChI is InChI=1S/C17H18N4O5S/c1-11-18-7-4-16(19-11)25-12-5-8-21(9-6-12)27(23,24)13-2-3-15-14(10-13)20-17(22)26-15/h2-4,7,10,12H,5-6,8-9H2,1H3,(H,20,22). The monoisotopic (exact) mass is 390 g/mol. The molecule has 0 amide bonds. The van der Waals surface area contributed by atoms with Gasteiger partial charge in [-0.05, 0) is 38.0 Å². The first kappa shape index (κ1) is 17.7. The van der Waals surface area contributed by atoms with Gasteiger partial charge in [0.25, 0.3) is 0 Å². The zero-order valence-electron chi connectivity index (χ0n) is 14.6. The summed E-state index contributed by atoms with van der Waals surface area (Å²) in [4.78, 5) is 22.1. The fourth-order valence-electron chi connectivity index (χ4n) is 3.10. The van der Waals surface area contributed by atoms with Crippen LogP contribution in [0.5, 0.6) is 5.88 Å². The highest BCUT2D eigenvalue weighted by atomic mass is 32.2. The number of benzene rings is 1. The van der Waals surface area contributed by atoms with Crippen LogP contribution in [0.25, 0.3) is 11.1 Å². The number of aryl methyl sites for hydroxylation is 1. The number of piperidine rings is 1. The Kier molecular flexibility index (Phi) is 4.44. The molecule has 0 atom stereocenters. The third-order valence-corrected chi connectivity index (χ3v) is 6.36. The average Bonchev–Trinajstić information content (AvgIpc) is 3.01. The second-order valence-corrected chi connectivity index (χ2v) is 8.27. The largest absolute Gasteiger partial charge is 0.474 e. The number of H-pyrrole nitrogens is 1. The van der Waals surface area contributed by atoms with E-state index in [1.807, 2.05) is 0 Å². The molecule has 1 aromatic carbocycles. The predicted octanol–water partition coefficient (Wildman–Crippen LogP) is 1.45. The van der Waals surface area contributed by atoms with E-state index >= 15 is 0 Å². The molecule has 0 aliphatic carbocycles. The number of hydrogen-bond acceptors (Lipinski definition) is 7. The van der Waals surface area contributed by atoms with Crippen LogP contribution in [0, 0.1) is 6.92 Å². The van der Waals surface area contributed by atoms with Gasteiger partial charge in [0.2, 0.25) is 15.9 Å². The van der Waals surface area contributed by atoms with Gasteiger partial charge in [-0.3, -0.25) is 4.98 Å². The molecule has 1 aliphatic rings. The van der Waals surface area contributed by atoms with Crippen LogP contribution in [0.1, 0.15) is 18.7 Å². The summed E-state index contributed by atoms with van der Waals surface area (Å²) in [6.07, 6.45) is 2.66. The normalized spacial score (nSPS) is 16.6. The van der Waals surface area contributed by atoms with Crippen molar-refractivity contribution in [2.24, 2.45) is 0 Å². The van der Waals surface area contributed by atoms with Crippen LogP contribution >= 0.6 is 0 Å². The third kappa shape index (κ3) is 3.58. The Labute approximate surface area is 155 Å². The van der Waals surface area contributed by atoms with Crippen molar-refractivity contribution < 1.29 is 17.6 Å². The molecule has 3 heterocycles.